The van der Waals surface area contributed by atoms with Gasteiger partial charge in [0, 0.05) is 36.9 Å². The van der Waals surface area contributed by atoms with Crippen molar-refractivity contribution in [3.05, 3.63) is 63.7 Å². The third-order valence-electron chi connectivity index (χ3n) is 5.46. The summed E-state index contributed by atoms with van der Waals surface area (Å²) < 4.78 is 10.7. The number of nitro groups is 1. The number of likely N-dealkylation sites (tertiary alicyclic amines) is 1. The molecule has 0 unspecified atom stereocenters. The summed E-state index contributed by atoms with van der Waals surface area (Å²) in [6, 6.07) is 11.9. The first-order chi connectivity index (χ1) is 14.0. The summed E-state index contributed by atoms with van der Waals surface area (Å²) in [7, 11) is 3.29. The van der Waals surface area contributed by atoms with E-state index in [9.17, 15) is 14.9 Å². The second-order valence-electron chi connectivity index (χ2n) is 7.30. The van der Waals surface area contributed by atoms with E-state index in [1.807, 2.05) is 18.2 Å². The minimum atomic E-state index is -0.476. The first-order valence-electron chi connectivity index (χ1n) is 9.76. The van der Waals surface area contributed by atoms with E-state index in [2.05, 4.69) is 0 Å². The Hall–Kier alpha value is -3.09. The highest BCUT2D eigenvalue weighted by Crippen LogP contribution is 2.27. The van der Waals surface area contributed by atoms with Gasteiger partial charge >= 0.3 is 0 Å². The highest BCUT2D eigenvalue weighted by molar-refractivity contribution is 5.94. The fraction of sp³-hybridized carbons (Fsp3) is 0.409. The molecule has 1 saturated heterocycles. The van der Waals surface area contributed by atoms with Gasteiger partial charge in [0.25, 0.3) is 11.6 Å². The van der Waals surface area contributed by atoms with Crippen LogP contribution in [0.1, 0.15) is 35.2 Å². The quantitative estimate of drug-likeness (QED) is 0.518. The van der Waals surface area contributed by atoms with Crippen molar-refractivity contribution in [1.29, 1.82) is 0 Å². The third kappa shape index (κ3) is 5.25. The number of carbonyl (C=O) groups is 1. The molecule has 3 rings (SSSR count). The normalized spacial score (nSPS) is 14.5. The molecule has 0 saturated carbocycles. The van der Waals surface area contributed by atoms with Crippen molar-refractivity contribution >= 4 is 11.6 Å². The summed E-state index contributed by atoms with van der Waals surface area (Å²) in [5.41, 5.74) is 1.50. The number of nitro benzene ring substituents is 1. The molecule has 0 spiro atoms. The van der Waals surface area contributed by atoms with Crippen molar-refractivity contribution in [2.24, 2.45) is 5.92 Å². The molecule has 0 radical (unpaired) electrons. The molecule has 2 aromatic carbocycles. The average Bonchev–Trinajstić information content (AvgIpc) is 2.77. The molecule has 0 N–H and O–H groups in total. The van der Waals surface area contributed by atoms with Gasteiger partial charge in [-0.1, -0.05) is 6.07 Å². The van der Waals surface area contributed by atoms with Crippen LogP contribution in [0.3, 0.4) is 0 Å². The van der Waals surface area contributed by atoms with Gasteiger partial charge < -0.3 is 14.4 Å². The van der Waals surface area contributed by atoms with E-state index in [1.165, 1.54) is 17.7 Å². The van der Waals surface area contributed by atoms with Crippen LogP contribution in [0, 0.1) is 16.0 Å². The Labute approximate surface area is 170 Å². The molecule has 1 heterocycles. The molecule has 7 heteroatoms. The zero-order chi connectivity index (χ0) is 20.8. The number of aryl methyl sites for hydroxylation is 1. The number of carbonyl (C=O) groups excluding carboxylic acids is 1. The predicted octanol–water partition coefficient (Wildman–Crippen LogP) is 4.10. The summed E-state index contributed by atoms with van der Waals surface area (Å²) in [4.78, 5) is 24.9. The maximum atomic E-state index is 12.7. The van der Waals surface area contributed by atoms with Gasteiger partial charge in [-0.15, -0.1) is 0 Å². The van der Waals surface area contributed by atoms with E-state index in [0.29, 0.717) is 24.6 Å². The molecule has 1 fully saturated rings. The molecule has 1 aliphatic rings. The standard InChI is InChI=1S/C22H26N2O5/c1-28-20-12-17(13-21(15-20)29-2)7-6-16-8-10-23(11-9-16)22(25)18-4-3-5-19(14-18)24(26)27/h3-5,12-16H,6-11H2,1-2H3. The Balaban J connectivity index is 1.54. The van der Waals surface area contributed by atoms with Gasteiger partial charge in [0.15, 0.2) is 0 Å². The number of rotatable bonds is 7. The van der Waals surface area contributed by atoms with Crippen molar-refractivity contribution in [2.45, 2.75) is 25.7 Å². The Bertz CT molecular complexity index is 853. The van der Waals surface area contributed by atoms with Crippen LogP contribution in [0.15, 0.2) is 42.5 Å². The number of hydrogen-bond acceptors (Lipinski definition) is 5. The van der Waals surface area contributed by atoms with E-state index in [1.54, 1.807) is 31.3 Å². The van der Waals surface area contributed by atoms with Crippen molar-refractivity contribution < 1.29 is 19.2 Å². The fourth-order valence-corrected chi connectivity index (χ4v) is 3.74. The SMILES string of the molecule is COc1cc(CCC2CCN(C(=O)c3cccc([N+](=O)[O-])c3)CC2)cc(OC)c1. The highest BCUT2D eigenvalue weighted by Gasteiger charge is 2.24. The van der Waals surface area contributed by atoms with Gasteiger partial charge in [-0.25, -0.2) is 0 Å². The lowest BCUT2D eigenvalue weighted by molar-refractivity contribution is -0.384. The van der Waals surface area contributed by atoms with Crippen LogP contribution < -0.4 is 9.47 Å². The van der Waals surface area contributed by atoms with E-state index in [-0.39, 0.29) is 11.6 Å². The van der Waals surface area contributed by atoms with E-state index in [0.717, 1.165) is 37.2 Å². The second kappa shape index (κ2) is 9.41. The van der Waals surface area contributed by atoms with Gasteiger partial charge in [0.1, 0.15) is 11.5 Å². The van der Waals surface area contributed by atoms with Gasteiger partial charge in [-0.2, -0.15) is 0 Å². The Kier molecular flexibility index (Phi) is 6.69. The summed E-state index contributed by atoms with van der Waals surface area (Å²) in [5.74, 6) is 1.99. The zero-order valence-electron chi connectivity index (χ0n) is 16.8. The van der Waals surface area contributed by atoms with Crippen molar-refractivity contribution in [3.8, 4) is 11.5 Å². The van der Waals surface area contributed by atoms with E-state index >= 15 is 0 Å². The number of benzene rings is 2. The minimum Gasteiger partial charge on any atom is -0.497 e. The monoisotopic (exact) mass is 398 g/mol. The van der Waals surface area contributed by atoms with Gasteiger partial charge in [-0.05, 0) is 55.4 Å². The van der Waals surface area contributed by atoms with Crippen LogP contribution in [0.5, 0.6) is 11.5 Å². The zero-order valence-corrected chi connectivity index (χ0v) is 16.8. The molecular formula is C22H26N2O5. The molecule has 0 atom stereocenters. The van der Waals surface area contributed by atoms with Gasteiger partial charge in [-0.3, -0.25) is 14.9 Å². The van der Waals surface area contributed by atoms with Crippen LogP contribution in [-0.2, 0) is 6.42 Å². The first kappa shape index (κ1) is 20.6. The van der Waals surface area contributed by atoms with Gasteiger partial charge in [0.2, 0.25) is 0 Å². The lowest BCUT2D eigenvalue weighted by Gasteiger charge is -2.32. The largest absolute Gasteiger partial charge is 0.497 e. The van der Waals surface area contributed by atoms with Crippen LogP contribution in [0.4, 0.5) is 5.69 Å². The predicted molar refractivity (Wildman–Crippen MR) is 110 cm³/mol. The Morgan fingerprint density at radius 3 is 2.34 bits per heavy atom. The average molecular weight is 398 g/mol. The third-order valence-corrected chi connectivity index (χ3v) is 5.46. The summed E-state index contributed by atoms with van der Waals surface area (Å²) in [6.07, 6.45) is 3.83. The molecule has 7 nitrogen and oxygen atoms in total. The molecule has 0 aliphatic carbocycles. The number of nitrogens with zero attached hydrogens (tertiary/aromatic N) is 2. The van der Waals surface area contributed by atoms with Crippen LogP contribution in [0.25, 0.3) is 0 Å². The highest BCUT2D eigenvalue weighted by atomic mass is 16.6. The maximum Gasteiger partial charge on any atom is 0.270 e. The summed E-state index contributed by atoms with van der Waals surface area (Å²) in [6.45, 7) is 1.35. The second-order valence-corrected chi connectivity index (χ2v) is 7.30. The number of non-ortho nitro benzene ring substituents is 1. The number of amides is 1. The molecule has 0 aromatic heterocycles. The summed E-state index contributed by atoms with van der Waals surface area (Å²) >= 11 is 0. The fourth-order valence-electron chi connectivity index (χ4n) is 3.74. The Morgan fingerprint density at radius 1 is 1.10 bits per heavy atom. The number of methoxy groups -OCH3 is 2. The molecule has 0 bridgehead atoms. The first-order valence-corrected chi connectivity index (χ1v) is 9.76. The van der Waals surface area contributed by atoms with Crippen molar-refractivity contribution in [3.63, 3.8) is 0 Å². The summed E-state index contributed by atoms with van der Waals surface area (Å²) in [5, 5.41) is 10.9. The Morgan fingerprint density at radius 2 is 1.76 bits per heavy atom. The molecule has 2 aromatic rings. The lowest BCUT2D eigenvalue weighted by Crippen LogP contribution is -2.38. The topological polar surface area (TPSA) is 81.9 Å². The van der Waals surface area contributed by atoms with Crippen molar-refractivity contribution in [1.82, 2.24) is 4.90 Å². The molecule has 1 aliphatic heterocycles. The number of piperidine rings is 1. The molecule has 1 amide bonds. The number of hydrogen-bond donors (Lipinski definition) is 0. The molecule has 29 heavy (non-hydrogen) atoms. The number of ether oxygens (including phenoxy) is 2. The van der Waals surface area contributed by atoms with Crippen molar-refractivity contribution in [2.75, 3.05) is 27.3 Å². The molecule has 154 valence electrons. The lowest BCUT2D eigenvalue weighted by atomic mass is 9.90. The van der Waals surface area contributed by atoms with Crippen LogP contribution in [0.2, 0.25) is 0 Å². The molecular weight excluding hydrogens is 372 g/mol. The van der Waals surface area contributed by atoms with Crippen LogP contribution >= 0.6 is 0 Å². The van der Waals surface area contributed by atoms with Crippen LogP contribution in [-0.4, -0.2) is 43.0 Å². The van der Waals surface area contributed by atoms with Gasteiger partial charge in [0.05, 0.1) is 19.1 Å². The maximum absolute atomic E-state index is 12.7. The van der Waals surface area contributed by atoms with E-state index < -0.39 is 4.92 Å². The smallest absolute Gasteiger partial charge is 0.270 e. The minimum absolute atomic E-state index is 0.0561. The van der Waals surface area contributed by atoms with E-state index in [4.69, 9.17) is 9.47 Å².